The van der Waals surface area contributed by atoms with Crippen LogP contribution < -0.4 is 5.73 Å². The first-order valence-corrected chi connectivity index (χ1v) is 6.04. The normalized spacial score (nSPS) is 23.3. The molecule has 0 aromatic heterocycles. The molecule has 1 amide bonds. The largest absolute Gasteiger partial charge is 0.469 e. The average Bonchev–Trinajstić information content (AvgIpc) is 2.24. The minimum Gasteiger partial charge on any atom is -0.469 e. The van der Waals surface area contributed by atoms with Gasteiger partial charge in [0.1, 0.15) is 5.60 Å². The smallest absolute Gasteiger partial charge is 0.410 e. The van der Waals surface area contributed by atoms with Gasteiger partial charge >= 0.3 is 12.1 Å². The summed E-state index contributed by atoms with van der Waals surface area (Å²) in [5, 5.41) is 0. The minimum absolute atomic E-state index is 0. The number of amides is 1. The van der Waals surface area contributed by atoms with Crippen molar-refractivity contribution in [2.75, 3.05) is 20.2 Å². The number of esters is 1. The molecule has 0 aromatic rings. The molecule has 1 aliphatic heterocycles. The van der Waals surface area contributed by atoms with Gasteiger partial charge < -0.3 is 20.1 Å². The van der Waals surface area contributed by atoms with Gasteiger partial charge in [-0.1, -0.05) is 0 Å². The number of carbonyl (C=O) groups excluding carboxylic acids is 2. The van der Waals surface area contributed by atoms with Gasteiger partial charge in [0.25, 0.3) is 0 Å². The molecule has 1 saturated heterocycles. The minimum atomic E-state index is -0.556. The topological polar surface area (TPSA) is 81.9 Å². The van der Waals surface area contributed by atoms with E-state index in [1.54, 1.807) is 20.8 Å². The molecule has 2 atom stereocenters. The van der Waals surface area contributed by atoms with Crippen molar-refractivity contribution >= 4 is 24.5 Å². The number of halogens is 1. The molecule has 0 aliphatic carbocycles. The van der Waals surface area contributed by atoms with Crippen molar-refractivity contribution in [3.05, 3.63) is 0 Å². The fourth-order valence-corrected chi connectivity index (χ4v) is 1.95. The zero-order valence-corrected chi connectivity index (χ0v) is 12.7. The number of carbonyl (C=O) groups is 2. The van der Waals surface area contributed by atoms with E-state index in [9.17, 15) is 9.59 Å². The second-order valence-electron chi connectivity index (χ2n) is 5.60. The lowest BCUT2D eigenvalue weighted by Crippen LogP contribution is -2.52. The van der Waals surface area contributed by atoms with E-state index in [1.165, 1.54) is 12.0 Å². The maximum atomic E-state index is 11.9. The Labute approximate surface area is 120 Å². The second-order valence-corrected chi connectivity index (χ2v) is 5.60. The van der Waals surface area contributed by atoms with Crippen LogP contribution in [0.4, 0.5) is 4.79 Å². The summed E-state index contributed by atoms with van der Waals surface area (Å²) in [5.74, 6) is -0.704. The number of hydrogen-bond acceptors (Lipinski definition) is 5. The molecular weight excluding hydrogens is 272 g/mol. The van der Waals surface area contributed by atoms with E-state index in [-0.39, 0.29) is 30.3 Å². The van der Waals surface area contributed by atoms with E-state index >= 15 is 0 Å². The number of nitrogens with zero attached hydrogens (tertiary/aromatic N) is 1. The Morgan fingerprint density at radius 3 is 2.32 bits per heavy atom. The number of piperidine rings is 1. The Kier molecular flexibility index (Phi) is 6.59. The van der Waals surface area contributed by atoms with Crippen LogP contribution >= 0.6 is 12.4 Å². The van der Waals surface area contributed by atoms with Gasteiger partial charge in [0.05, 0.1) is 13.0 Å². The summed E-state index contributed by atoms with van der Waals surface area (Å²) >= 11 is 0. The molecule has 1 aliphatic rings. The van der Waals surface area contributed by atoms with Crippen molar-refractivity contribution in [3.8, 4) is 0 Å². The fourth-order valence-electron chi connectivity index (χ4n) is 1.95. The van der Waals surface area contributed by atoms with Gasteiger partial charge in [0, 0.05) is 19.1 Å². The average molecular weight is 295 g/mol. The van der Waals surface area contributed by atoms with Gasteiger partial charge in [0.15, 0.2) is 0 Å². The van der Waals surface area contributed by atoms with E-state index in [4.69, 9.17) is 15.2 Å². The number of hydrogen-bond donors (Lipinski definition) is 1. The fraction of sp³-hybridized carbons (Fsp3) is 0.833. The molecule has 6 nitrogen and oxygen atoms in total. The van der Waals surface area contributed by atoms with Crippen molar-refractivity contribution in [2.24, 2.45) is 11.7 Å². The molecule has 0 aromatic carbocycles. The van der Waals surface area contributed by atoms with Gasteiger partial charge in [-0.3, -0.25) is 4.79 Å². The highest BCUT2D eigenvalue weighted by Crippen LogP contribution is 2.19. The number of rotatable bonds is 1. The van der Waals surface area contributed by atoms with Crippen molar-refractivity contribution in [2.45, 2.75) is 38.8 Å². The first-order valence-electron chi connectivity index (χ1n) is 6.04. The third kappa shape index (κ3) is 5.65. The molecule has 0 spiro atoms. The number of ether oxygens (including phenoxy) is 2. The summed E-state index contributed by atoms with van der Waals surface area (Å²) in [6.07, 6.45) is 0.0953. The van der Waals surface area contributed by atoms with Gasteiger partial charge in [-0.25, -0.2) is 4.79 Å². The Bertz CT molecular complexity index is 330. The summed E-state index contributed by atoms with van der Waals surface area (Å²) in [4.78, 5) is 24.9. The summed E-state index contributed by atoms with van der Waals surface area (Å²) in [6, 6.07) is -0.227. The summed E-state index contributed by atoms with van der Waals surface area (Å²) in [5.41, 5.74) is 5.30. The molecule has 19 heavy (non-hydrogen) atoms. The van der Waals surface area contributed by atoms with Gasteiger partial charge in [-0.15, -0.1) is 12.4 Å². The van der Waals surface area contributed by atoms with Crippen molar-refractivity contribution in [1.29, 1.82) is 0 Å². The van der Waals surface area contributed by atoms with E-state index < -0.39 is 11.7 Å². The molecular formula is C12H23ClN2O4. The molecule has 0 bridgehead atoms. The van der Waals surface area contributed by atoms with Crippen LogP contribution in [0.25, 0.3) is 0 Å². The summed E-state index contributed by atoms with van der Waals surface area (Å²) in [7, 11) is 1.33. The third-order valence-electron chi connectivity index (χ3n) is 2.67. The molecule has 1 heterocycles. The molecule has 1 rings (SSSR count). The number of likely N-dealkylation sites (tertiary alicyclic amines) is 1. The third-order valence-corrected chi connectivity index (χ3v) is 2.67. The Morgan fingerprint density at radius 2 is 1.84 bits per heavy atom. The van der Waals surface area contributed by atoms with Gasteiger partial charge in [-0.2, -0.15) is 0 Å². The Balaban J connectivity index is 0.00000324. The van der Waals surface area contributed by atoms with E-state index in [1.807, 2.05) is 0 Å². The molecule has 2 unspecified atom stereocenters. The first kappa shape index (κ1) is 18.0. The quantitative estimate of drug-likeness (QED) is 0.734. The van der Waals surface area contributed by atoms with Crippen LogP contribution in [0.5, 0.6) is 0 Å². The first-order chi connectivity index (χ1) is 8.23. The maximum Gasteiger partial charge on any atom is 0.410 e. The summed E-state index contributed by atoms with van der Waals surface area (Å²) < 4.78 is 9.96. The molecule has 1 fully saturated rings. The van der Waals surface area contributed by atoms with E-state index in [0.29, 0.717) is 19.5 Å². The molecule has 7 heteroatoms. The lowest BCUT2D eigenvalue weighted by atomic mass is 9.95. The van der Waals surface area contributed by atoms with Crippen molar-refractivity contribution < 1.29 is 19.1 Å². The standard InChI is InChI=1S/C12H22N2O4.ClH/c1-12(2,3)18-11(16)14-6-8(10(15)17-4)5-9(13)7-14;/h8-9H,5-7,13H2,1-4H3;1H. The Hall–Kier alpha value is -1.01. The van der Waals surface area contributed by atoms with Crippen LogP contribution in [0.15, 0.2) is 0 Å². The van der Waals surface area contributed by atoms with Crippen LogP contribution in [0.2, 0.25) is 0 Å². The SMILES string of the molecule is COC(=O)C1CC(N)CN(C(=O)OC(C)(C)C)C1.Cl. The predicted molar refractivity (Wildman–Crippen MR) is 73.2 cm³/mol. The lowest BCUT2D eigenvalue weighted by molar-refractivity contribution is -0.147. The van der Waals surface area contributed by atoms with Crippen molar-refractivity contribution in [3.63, 3.8) is 0 Å². The zero-order valence-electron chi connectivity index (χ0n) is 11.8. The zero-order chi connectivity index (χ0) is 13.9. The molecule has 0 radical (unpaired) electrons. The highest BCUT2D eigenvalue weighted by Gasteiger charge is 2.34. The monoisotopic (exact) mass is 294 g/mol. The lowest BCUT2D eigenvalue weighted by Gasteiger charge is -2.35. The second kappa shape index (κ2) is 6.96. The molecule has 2 N–H and O–H groups in total. The van der Waals surface area contributed by atoms with Crippen LogP contribution in [-0.4, -0.2) is 48.8 Å². The van der Waals surface area contributed by atoms with Crippen molar-refractivity contribution in [1.82, 2.24) is 4.90 Å². The van der Waals surface area contributed by atoms with Gasteiger partial charge in [-0.05, 0) is 27.2 Å². The van der Waals surface area contributed by atoms with Crippen LogP contribution in [0, 0.1) is 5.92 Å². The van der Waals surface area contributed by atoms with E-state index in [0.717, 1.165) is 0 Å². The van der Waals surface area contributed by atoms with Crippen LogP contribution in [0.1, 0.15) is 27.2 Å². The van der Waals surface area contributed by atoms with E-state index in [2.05, 4.69) is 0 Å². The molecule has 0 saturated carbocycles. The van der Waals surface area contributed by atoms with Crippen LogP contribution in [0.3, 0.4) is 0 Å². The predicted octanol–water partition coefficient (Wildman–Crippen LogP) is 1.17. The number of methoxy groups -OCH3 is 1. The number of nitrogens with two attached hydrogens (primary N) is 1. The maximum absolute atomic E-state index is 11.9. The van der Waals surface area contributed by atoms with Crippen LogP contribution in [-0.2, 0) is 14.3 Å². The highest BCUT2D eigenvalue weighted by molar-refractivity contribution is 5.85. The summed E-state index contributed by atoms with van der Waals surface area (Å²) in [6.45, 7) is 6.10. The Morgan fingerprint density at radius 1 is 1.26 bits per heavy atom. The van der Waals surface area contributed by atoms with Gasteiger partial charge in [0.2, 0.25) is 0 Å². The highest BCUT2D eigenvalue weighted by atomic mass is 35.5. The molecule has 112 valence electrons.